The molecule has 33 heavy (non-hydrogen) atoms. The summed E-state index contributed by atoms with van der Waals surface area (Å²) < 4.78 is 0. The van der Waals surface area contributed by atoms with Gasteiger partial charge in [-0.15, -0.1) is 0 Å². The second-order valence-electron chi connectivity index (χ2n) is 6.71. The average Bonchev–Trinajstić information content (AvgIpc) is 2.82. The van der Waals surface area contributed by atoms with Crippen molar-refractivity contribution in [2.75, 3.05) is 10.7 Å². The van der Waals surface area contributed by atoms with E-state index in [0.717, 1.165) is 17.1 Å². The van der Waals surface area contributed by atoms with Gasteiger partial charge in [0.25, 0.3) is 11.6 Å². The Labute approximate surface area is 185 Å². The second-order valence-corrected chi connectivity index (χ2v) is 6.71. The molecule has 164 valence electrons. The number of rotatable bonds is 7. The van der Waals surface area contributed by atoms with Crippen molar-refractivity contribution in [2.24, 2.45) is 0 Å². The largest absolute Gasteiger partial charge is 0.355 e. The Morgan fingerprint density at radius 2 is 1.52 bits per heavy atom. The van der Waals surface area contributed by atoms with Crippen LogP contribution < -0.4 is 16.2 Å². The number of hydrazine groups is 1. The van der Waals surface area contributed by atoms with Crippen molar-refractivity contribution in [3.63, 3.8) is 0 Å². The predicted octanol–water partition coefficient (Wildman–Crippen LogP) is 3.95. The number of nitro benzene ring substituents is 1. The average molecular weight is 445 g/mol. The maximum Gasteiger partial charge on any atom is 0.355 e. The summed E-state index contributed by atoms with van der Waals surface area (Å²) in [6.45, 7) is 0. The summed E-state index contributed by atoms with van der Waals surface area (Å²) in [4.78, 5) is 41.4. The second kappa shape index (κ2) is 8.93. The number of aromatic nitrogens is 2. The lowest BCUT2D eigenvalue weighted by molar-refractivity contribution is -0.384. The highest BCUT2D eigenvalue weighted by Crippen LogP contribution is 2.33. The zero-order chi connectivity index (χ0) is 23.4. The molecule has 0 bridgehead atoms. The summed E-state index contributed by atoms with van der Waals surface area (Å²) in [5.41, 5.74) is 4.79. The molecular weight excluding hydrogens is 430 g/mol. The van der Waals surface area contributed by atoms with E-state index in [-0.39, 0.29) is 22.9 Å². The molecule has 0 atom stereocenters. The number of benzene rings is 3. The van der Waals surface area contributed by atoms with E-state index in [0.29, 0.717) is 5.69 Å². The minimum atomic E-state index is -0.673. The number of carbonyl (C=O) groups excluding carboxylic acids is 1. The van der Waals surface area contributed by atoms with Crippen LogP contribution >= 0.6 is 0 Å². The normalized spacial score (nSPS) is 10.4. The van der Waals surface area contributed by atoms with Crippen LogP contribution in [-0.4, -0.2) is 25.7 Å². The fourth-order valence-corrected chi connectivity index (χ4v) is 3.12. The molecule has 12 heteroatoms. The third kappa shape index (κ3) is 4.49. The van der Waals surface area contributed by atoms with Gasteiger partial charge in [-0.05, 0) is 23.6 Å². The van der Waals surface area contributed by atoms with Gasteiger partial charge in [-0.3, -0.25) is 35.9 Å². The van der Waals surface area contributed by atoms with E-state index in [1.54, 1.807) is 12.1 Å². The number of non-ortho nitro benzene ring substituents is 1. The van der Waals surface area contributed by atoms with E-state index in [1.807, 2.05) is 30.3 Å². The molecule has 0 saturated heterocycles. The van der Waals surface area contributed by atoms with Gasteiger partial charge in [-0.25, -0.2) is 9.97 Å². The van der Waals surface area contributed by atoms with Crippen molar-refractivity contribution in [1.82, 2.24) is 15.4 Å². The van der Waals surface area contributed by atoms with E-state index >= 15 is 0 Å². The van der Waals surface area contributed by atoms with Gasteiger partial charge in [0.15, 0.2) is 0 Å². The molecule has 1 heterocycles. The smallest absolute Gasteiger partial charge is 0.334 e. The molecule has 1 amide bonds. The summed E-state index contributed by atoms with van der Waals surface area (Å²) in [5, 5.41) is 27.3. The molecule has 0 aliphatic rings. The molecule has 0 spiro atoms. The van der Waals surface area contributed by atoms with Crippen molar-refractivity contribution in [3.05, 3.63) is 98.8 Å². The number of anilines is 3. The van der Waals surface area contributed by atoms with Gasteiger partial charge < -0.3 is 5.32 Å². The molecule has 0 fully saturated rings. The van der Waals surface area contributed by atoms with Crippen LogP contribution in [0.3, 0.4) is 0 Å². The Hall–Kier alpha value is -5.13. The maximum absolute atomic E-state index is 12.3. The van der Waals surface area contributed by atoms with Gasteiger partial charge >= 0.3 is 5.69 Å². The zero-order valence-electron chi connectivity index (χ0n) is 16.8. The molecule has 0 aliphatic carbocycles. The number of nitro groups is 2. The lowest BCUT2D eigenvalue weighted by Gasteiger charge is -2.12. The number of hydrogen-bond acceptors (Lipinski definition) is 9. The highest BCUT2D eigenvalue weighted by Gasteiger charge is 2.24. The number of nitrogens with one attached hydrogen (secondary N) is 3. The van der Waals surface area contributed by atoms with Crippen LogP contribution in [0.15, 0.2) is 73.1 Å². The summed E-state index contributed by atoms with van der Waals surface area (Å²) >= 11 is 0. The van der Waals surface area contributed by atoms with E-state index in [9.17, 15) is 25.0 Å². The summed E-state index contributed by atoms with van der Waals surface area (Å²) in [6, 6.07) is 17.9. The van der Waals surface area contributed by atoms with Crippen LogP contribution in [0.4, 0.5) is 28.7 Å². The lowest BCUT2D eigenvalue weighted by Crippen LogP contribution is -2.30. The minimum Gasteiger partial charge on any atom is -0.334 e. The molecule has 0 radical (unpaired) electrons. The van der Waals surface area contributed by atoms with Crippen molar-refractivity contribution in [2.45, 2.75) is 0 Å². The molecule has 1 aromatic heterocycles. The standard InChI is InChI=1S/C21H15N7O5/c29-21(14-8-10-15(11-9-14)27(30)31)26-25-20-18(28(32)33)19(22-12-23-20)24-17-7-3-5-13-4-1-2-6-16(13)17/h1-12H,(H,26,29)(H2,22,23,24,25). The minimum absolute atomic E-state index is 0.0709. The Bertz CT molecular complexity index is 1370. The molecule has 4 rings (SSSR count). The van der Waals surface area contributed by atoms with Crippen molar-refractivity contribution in [1.29, 1.82) is 0 Å². The summed E-state index contributed by atoms with van der Waals surface area (Å²) in [7, 11) is 0. The first-order valence-electron chi connectivity index (χ1n) is 9.49. The summed E-state index contributed by atoms with van der Waals surface area (Å²) in [6.07, 6.45) is 1.11. The molecule has 0 unspecified atom stereocenters. The first-order chi connectivity index (χ1) is 15.9. The number of amides is 1. The summed E-state index contributed by atoms with van der Waals surface area (Å²) in [5.74, 6) is -0.979. The molecular formula is C21H15N7O5. The van der Waals surface area contributed by atoms with Gasteiger partial charge in [0.2, 0.25) is 11.6 Å². The highest BCUT2D eigenvalue weighted by molar-refractivity contribution is 5.97. The fraction of sp³-hybridized carbons (Fsp3) is 0. The molecule has 3 aromatic carbocycles. The molecule has 12 nitrogen and oxygen atoms in total. The number of carbonyl (C=O) groups is 1. The lowest BCUT2D eigenvalue weighted by atomic mass is 10.1. The number of hydrogen-bond donors (Lipinski definition) is 3. The predicted molar refractivity (Wildman–Crippen MR) is 120 cm³/mol. The Kier molecular flexibility index (Phi) is 5.72. The van der Waals surface area contributed by atoms with Gasteiger partial charge in [0.05, 0.1) is 9.85 Å². The van der Waals surface area contributed by atoms with E-state index < -0.39 is 21.4 Å². The fourth-order valence-electron chi connectivity index (χ4n) is 3.12. The Morgan fingerprint density at radius 3 is 2.24 bits per heavy atom. The molecule has 0 saturated carbocycles. The van der Waals surface area contributed by atoms with Gasteiger partial charge in [0.1, 0.15) is 6.33 Å². The van der Waals surface area contributed by atoms with Crippen LogP contribution in [0.1, 0.15) is 10.4 Å². The topological polar surface area (TPSA) is 165 Å². The van der Waals surface area contributed by atoms with Crippen LogP contribution in [0.5, 0.6) is 0 Å². The van der Waals surface area contributed by atoms with Crippen molar-refractivity contribution in [3.8, 4) is 0 Å². The molecule has 0 aliphatic heterocycles. The third-order valence-corrected chi connectivity index (χ3v) is 4.68. The van der Waals surface area contributed by atoms with Crippen LogP contribution in [0, 0.1) is 20.2 Å². The first-order valence-corrected chi connectivity index (χ1v) is 9.49. The Balaban J connectivity index is 1.58. The maximum atomic E-state index is 12.3. The van der Waals surface area contributed by atoms with E-state index in [1.165, 1.54) is 24.3 Å². The number of nitrogens with zero attached hydrogens (tertiary/aromatic N) is 4. The van der Waals surface area contributed by atoms with Gasteiger partial charge in [-0.2, -0.15) is 0 Å². The third-order valence-electron chi connectivity index (χ3n) is 4.68. The van der Waals surface area contributed by atoms with Crippen LogP contribution in [0.25, 0.3) is 10.8 Å². The molecule has 4 aromatic rings. The van der Waals surface area contributed by atoms with E-state index in [2.05, 4.69) is 26.1 Å². The number of fused-ring (bicyclic) bond motifs is 1. The van der Waals surface area contributed by atoms with Crippen molar-refractivity contribution < 1.29 is 14.6 Å². The van der Waals surface area contributed by atoms with Crippen molar-refractivity contribution >= 4 is 45.4 Å². The monoisotopic (exact) mass is 445 g/mol. The van der Waals surface area contributed by atoms with Crippen LogP contribution in [-0.2, 0) is 0 Å². The quantitative estimate of drug-likeness (QED) is 0.282. The SMILES string of the molecule is O=C(NNc1ncnc(Nc2cccc3ccccc23)c1[N+](=O)[O-])c1ccc([N+](=O)[O-])cc1. The molecule has 3 N–H and O–H groups in total. The van der Waals surface area contributed by atoms with Gasteiger partial charge in [-0.1, -0.05) is 36.4 Å². The zero-order valence-corrected chi connectivity index (χ0v) is 16.8. The highest BCUT2D eigenvalue weighted by atomic mass is 16.6. The van der Waals surface area contributed by atoms with E-state index in [4.69, 9.17) is 0 Å². The van der Waals surface area contributed by atoms with Gasteiger partial charge in [0, 0.05) is 28.8 Å². The first kappa shape index (κ1) is 21.1. The Morgan fingerprint density at radius 1 is 0.818 bits per heavy atom. The van der Waals surface area contributed by atoms with Crippen LogP contribution in [0.2, 0.25) is 0 Å².